The molecule has 0 aliphatic heterocycles. The minimum atomic E-state index is 0.316. The van der Waals surface area contributed by atoms with Gasteiger partial charge in [0.1, 0.15) is 0 Å². The van der Waals surface area contributed by atoms with Crippen LogP contribution in [0.3, 0.4) is 0 Å². The molecule has 0 aliphatic carbocycles. The second-order valence-electron chi connectivity index (χ2n) is 4.14. The van der Waals surface area contributed by atoms with E-state index in [1.165, 1.54) is 5.56 Å². The average Bonchev–Trinajstić information content (AvgIpc) is 2.88. The van der Waals surface area contributed by atoms with Crippen LogP contribution in [0.5, 0.6) is 0 Å². The van der Waals surface area contributed by atoms with Crippen LogP contribution >= 0.6 is 11.3 Å². The number of aromatic nitrogens is 2. The van der Waals surface area contributed by atoms with E-state index in [0.29, 0.717) is 12.1 Å². The molecular formula is C12H17N3S. The number of nitrogens with zero attached hydrogens (tertiary/aromatic N) is 1. The zero-order valence-corrected chi connectivity index (χ0v) is 10.4. The fraction of sp³-hybridized carbons (Fsp3) is 0.417. The van der Waals surface area contributed by atoms with Crippen molar-refractivity contribution in [3.63, 3.8) is 0 Å². The van der Waals surface area contributed by atoms with Crippen molar-refractivity contribution in [2.24, 2.45) is 0 Å². The molecule has 2 atom stereocenters. The fourth-order valence-corrected chi connectivity index (χ4v) is 2.53. The lowest BCUT2D eigenvalue weighted by molar-refractivity contribution is 0.470. The van der Waals surface area contributed by atoms with Gasteiger partial charge in [-0.25, -0.2) is 0 Å². The summed E-state index contributed by atoms with van der Waals surface area (Å²) in [6, 6.07) is 4.97. The van der Waals surface area contributed by atoms with E-state index in [2.05, 4.69) is 46.2 Å². The van der Waals surface area contributed by atoms with Gasteiger partial charge in [0.05, 0.1) is 5.69 Å². The van der Waals surface area contributed by atoms with Crippen LogP contribution in [-0.2, 0) is 6.42 Å². The second kappa shape index (κ2) is 5.27. The van der Waals surface area contributed by atoms with Crippen LogP contribution in [0, 0.1) is 0 Å². The first kappa shape index (κ1) is 11.4. The van der Waals surface area contributed by atoms with Crippen molar-refractivity contribution in [2.75, 3.05) is 0 Å². The van der Waals surface area contributed by atoms with Gasteiger partial charge in [-0.3, -0.25) is 5.10 Å². The van der Waals surface area contributed by atoms with Gasteiger partial charge in [-0.15, -0.1) is 0 Å². The third kappa shape index (κ3) is 2.93. The Morgan fingerprint density at radius 2 is 2.31 bits per heavy atom. The normalized spacial score (nSPS) is 14.9. The zero-order chi connectivity index (χ0) is 11.4. The van der Waals surface area contributed by atoms with Crippen molar-refractivity contribution < 1.29 is 0 Å². The van der Waals surface area contributed by atoms with Gasteiger partial charge in [0, 0.05) is 18.3 Å². The van der Waals surface area contributed by atoms with Crippen LogP contribution < -0.4 is 5.32 Å². The Bertz CT molecular complexity index is 394. The van der Waals surface area contributed by atoms with Crippen molar-refractivity contribution in [3.8, 4) is 0 Å². The minimum absolute atomic E-state index is 0.316. The maximum atomic E-state index is 3.96. The highest BCUT2D eigenvalue weighted by molar-refractivity contribution is 7.07. The number of H-pyrrole nitrogens is 1. The molecule has 3 nitrogen and oxygen atoms in total. The summed E-state index contributed by atoms with van der Waals surface area (Å²) in [5.41, 5.74) is 2.54. The smallest absolute Gasteiger partial charge is 0.0518 e. The predicted molar refractivity (Wildman–Crippen MR) is 67.6 cm³/mol. The minimum Gasteiger partial charge on any atom is -0.306 e. The quantitative estimate of drug-likeness (QED) is 0.836. The van der Waals surface area contributed by atoms with E-state index in [1.54, 1.807) is 17.5 Å². The standard InChI is InChI=1S/C12H17N3S/c1-9(7-11-4-6-16-8-11)14-10(2)12-3-5-13-15-12/h3-6,8-10,14H,7H2,1-2H3,(H,13,15). The number of aromatic amines is 1. The van der Waals surface area contributed by atoms with Gasteiger partial charge in [0.15, 0.2) is 0 Å². The number of thiophene rings is 1. The highest BCUT2D eigenvalue weighted by Gasteiger charge is 2.10. The zero-order valence-electron chi connectivity index (χ0n) is 9.60. The largest absolute Gasteiger partial charge is 0.306 e. The molecule has 0 bridgehead atoms. The van der Waals surface area contributed by atoms with Crippen LogP contribution in [-0.4, -0.2) is 16.2 Å². The van der Waals surface area contributed by atoms with Crippen molar-refractivity contribution in [2.45, 2.75) is 32.4 Å². The van der Waals surface area contributed by atoms with Crippen molar-refractivity contribution in [1.29, 1.82) is 0 Å². The molecule has 2 aromatic heterocycles. The van der Waals surface area contributed by atoms with Crippen LogP contribution in [0.25, 0.3) is 0 Å². The Kier molecular flexibility index (Phi) is 3.74. The molecule has 2 N–H and O–H groups in total. The summed E-state index contributed by atoms with van der Waals surface area (Å²) in [4.78, 5) is 0. The Labute approximate surface area is 99.9 Å². The molecule has 0 aliphatic rings. The highest BCUT2D eigenvalue weighted by atomic mass is 32.1. The van der Waals surface area contributed by atoms with Crippen LogP contribution in [0.1, 0.15) is 31.1 Å². The van der Waals surface area contributed by atoms with Gasteiger partial charge in [-0.2, -0.15) is 16.4 Å². The molecule has 0 fully saturated rings. The Morgan fingerprint density at radius 3 is 2.94 bits per heavy atom. The van der Waals surface area contributed by atoms with E-state index < -0.39 is 0 Å². The fourth-order valence-electron chi connectivity index (χ4n) is 1.85. The molecule has 16 heavy (non-hydrogen) atoms. The first-order valence-electron chi connectivity index (χ1n) is 5.52. The molecule has 0 radical (unpaired) electrons. The molecule has 0 amide bonds. The van der Waals surface area contributed by atoms with Gasteiger partial charge in [0.2, 0.25) is 0 Å². The van der Waals surface area contributed by atoms with Crippen LogP contribution in [0.15, 0.2) is 29.1 Å². The lowest BCUT2D eigenvalue weighted by Gasteiger charge is -2.18. The average molecular weight is 235 g/mol. The maximum Gasteiger partial charge on any atom is 0.0518 e. The molecule has 2 unspecified atom stereocenters. The molecule has 0 saturated carbocycles. The molecular weight excluding hydrogens is 218 g/mol. The van der Waals surface area contributed by atoms with Gasteiger partial charge in [-0.1, -0.05) is 0 Å². The Hall–Kier alpha value is -1.13. The second-order valence-corrected chi connectivity index (χ2v) is 4.92. The third-order valence-corrected chi connectivity index (χ3v) is 3.38. The summed E-state index contributed by atoms with van der Waals surface area (Å²) < 4.78 is 0. The van der Waals surface area contributed by atoms with Crippen molar-refractivity contribution in [1.82, 2.24) is 15.5 Å². The summed E-state index contributed by atoms with van der Waals surface area (Å²) in [5.74, 6) is 0. The summed E-state index contributed by atoms with van der Waals surface area (Å²) in [7, 11) is 0. The summed E-state index contributed by atoms with van der Waals surface area (Å²) in [6.07, 6.45) is 2.86. The van der Waals surface area contributed by atoms with E-state index in [4.69, 9.17) is 0 Å². The SMILES string of the molecule is CC(Cc1ccsc1)NC(C)c1ccn[nH]1. The monoisotopic (exact) mass is 235 g/mol. The third-order valence-electron chi connectivity index (χ3n) is 2.65. The topological polar surface area (TPSA) is 40.7 Å². The molecule has 4 heteroatoms. The number of hydrogen-bond donors (Lipinski definition) is 2. The molecule has 2 rings (SSSR count). The van der Waals surface area contributed by atoms with E-state index >= 15 is 0 Å². The highest BCUT2D eigenvalue weighted by Crippen LogP contribution is 2.12. The Morgan fingerprint density at radius 1 is 1.44 bits per heavy atom. The molecule has 2 heterocycles. The van der Waals surface area contributed by atoms with Crippen LogP contribution in [0.4, 0.5) is 0 Å². The Balaban J connectivity index is 1.85. The van der Waals surface area contributed by atoms with E-state index in [-0.39, 0.29) is 0 Å². The number of rotatable bonds is 5. The van der Waals surface area contributed by atoms with Crippen LogP contribution in [0.2, 0.25) is 0 Å². The molecule has 0 saturated heterocycles. The predicted octanol–water partition coefficient (Wildman–Crippen LogP) is 2.75. The first-order valence-corrected chi connectivity index (χ1v) is 6.46. The lowest BCUT2D eigenvalue weighted by atomic mass is 10.1. The molecule has 0 aromatic carbocycles. The van der Waals surface area contributed by atoms with Crippen molar-refractivity contribution >= 4 is 11.3 Å². The summed E-state index contributed by atoms with van der Waals surface area (Å²) >= 11 is 1.75. The molecule has 86 valence electrons. The first-order chi connectivity index (χ1) is 7.75. The number of nitrogens with one attached hydrogen (secondary N) is 2. The van der Waals surface area contributed by atoms with Gasteiger partial charge in [0.25, 0.3) is 0 Å². The number of hydrogen-bond acceptors (Lipinski definition) is 3. The van der Waals surface area contributed by atoms with E-state index in [1.807, 2.05) is 6.07 Å². The van der Waals surface area contributed by atoms with Gasteiger partial charge >= 0.3 is 0 Å². The lowest BCUT2D eigenvalue weighted by Crippen LogP contribution is -2.30. The summed E-state index contributed by atoms with van der Waals surface area (Å²) in [5, 5.41) is 14.8. The molecule has 2 aromatic rings. The maximum absolute atomic E-state index is 3.96. The summed E-state index contributed by atoms with van der Waals surface area (Å²) in [6.45, 7) is 4.36. The van der Waals surface area contributed by atoms with Crippen molar-refractivity contribution in [3.05, 3.63) is 40.3 Å². The van der Waals surface area contributed by atoms with E-state index in [9.17, 15) is 0 Å². The van der Waals surface area contributed by atoms with Gasteiger partial charge < -0.3 is 5.32 Å². The molecule has 0 spiro atoms. The van der Waals surface area contributed by atoms with E-state index in [0.717, 1.165) is 12.1 Å². The van der Waals surface area contributed by atoms with Gasteiger partial charge in [-0.05, 0) is 48.7 Å².